The molecule has 4 nitrogen and oxygen atoms in total. The van der Waals surface area contributed by atoms with Crippen molar-refractivity contribution >= 4 is 21.9 Å². The molecule has 0 atom stereocenters. The molecule has 0 unspecified atom stereocenters. The second kappa shape index (κ2) is 4.24. The number of benzene rings is 2. The molecule has 4 aromatic rings. The Morgan fingerprint density at radius 2 is 1.86 bits per heavy atom. The predicted molar refractivity (Wildman–Crippen MR) is 80.3 cm³/mol. The molecule has 0 fully saturated rings. The van der Waals surface area contributed by atoms with Crippen LogP contribution in [0.5, 0.6) is 11.5 Å². The average Bonchev–Trinajstić information content (AvgIpc) is 2.90. The lowest BCUT2D eigenvalue weighted by Gasteiger charge is -2.04. The van der Waals surface area contributed by atoms with E-state index in [1.54, 1.807) is 36.5 Å². The Morgan fingerprint density at radius 3 is 2.76 bits per heavy atom. The first-order chi connectivity index (χ1) is 10.2. The van der Waals surface area contributed by atoms with Gasteiger partial charge in [0.1, 0.15) is 28.4 Å². The van der Waals surface area contributed by atoms with Crippen molar-refractivity contribution in [2.45, 2.75) is 0 Å². The molecule has 0 bridgehead atoms. The van der Waals surface area contributed by atoms with Gasteiger partial charge in [0.15, 0.2) is 0 Å². The maximum absolute atomic E-state index is 9.89. The van der Waals surface area contributed by atoms with Crippen LogP contribution in [0.2, 0.25) is 0 Å². The molecule has 102 valence electrons. The van der Waals surface area contributed by atoms with Crippen molar-refractivity contribution in [1.29, 1.82) is 0 Å². The van der Waals surface area contributed by atoms with E-state index in [1.165, 1.54) is 0 Å². The molecule has 0 amide bonds. The number of pyridine rings is 1. The number of aromatic hydroxyl groups is 2. The second-order valence-corrected chi connectivity index (χ2v) is 4.86. The molecular weight excluding hydrogens is 266 g/mol. The normalized spacial score (nSPS) is 11.2. The van der Waals surface area contributed by atoms with E-state index in [1.807, 2.05) is 18.2 Å². The number of phenols is 2. The summed E-state index contributed by atoms with van der Waals surface area (Å²) in [6.45, 7) is 0. The topological polar surface area (TPSA) is 66.5 Å². The highest BCUT2D eigenvalue weighted by Gasteiger charge is 2.12. The molecule has 0 spiro atoms. The van der Waals surface area contributed by atoms with Gasteiger partial charge in [-0.2, -0.15) is 0 Å². The molecule has 0 aliphatic carbocycles. The number of rotatable bonds is 1. The highest BCUT2D eigenvalue weighted by Crippen LogP contribution is 2.36. The summed E-state index contributed by atoms with van der Waals surface area (Å²) < 4.78 is 5.81. The second-order valence-electron chi connectivity index (χ2n) is 4.86. The third-order valence-corrected chi connectivity index (χ3v) is 3.52. The first-order valence-electron chi connectivity index (χ1n) is 6.52. The van der Waals surface area contributed by atoms with Crippen molar-refractivity contribution in [2.75, 3.05) is 0 Å². The molecule has 2 N–H and O–H groups in total. The van der Waals surface area contributed by atoms with E-state index in [0.29, 0.717) is 16.9 Å². The number of fused-ring (bicyclic) bond motifs is 2. The van der Waals surface area contributed by atoms with Crippen molar-refractivity contribution in [1.82, 2.24) is 4.98 Å². The minimum absolute atomic E-state index is 0.142. The summed E-state index contributed by atoms with van der Waals surface area (Å²) >= 11 is 0. The van der Waals surface area contributed by atoms with E-state index < -0.39 is 0 Å². The molecule has 4 rings (SSSR count). The lowest BCUT2D eigenvalue weighted by atomic mass is 10.1. The van der Waals surface area contributed by atoms with Gasteiger partial charge in [0.2, 0.25) is 0 Å². The molecule has 2 aromatic carbocycles. The van der Waals surface area contributed by atoms with Gasteiger partial charge in [-0.15, -0.1) is 0 Å². The maximum Gasteiger partial charge on any atom is 0.141 e. The third kappa shape index (κ3) is 1.80. The fourth-order valence-corrected chi connectivity index (χ4v) is 2.53. The first-order valence-corrected chi connectivity index (χ1v) is 6.52. The van der Waals surface area contributed by atoms with Gasteiger partial charge in [-0.05, 0) is 36.4 Å². The van der Waals surface area contributed by atoms with E-state index in [2.05, 4.69) is 4.98 Å². The van der Waals surface area contributed by atoms with E-state index in [-0.39, 0.29) is 11.5 Å². The number of furan rings is 1. The van der Waals surface area contributed by atoms with Gasteiger partial charge in [-0.3, -0.25) is 4.98 Å². The minimum Gasteiger partial charge on any atom is -0.508 e. The van der Waals surface area contributed by atoms with E-state index in [0.717, 1.165) is 16.3 Å². The van der Waals surface area contributed by atoms with Crippen LogP contribution < -0.4 is 0 Å². The summed E-state index contributed by atoms with van der Waals surface area (Å²) in [6, 6.07) is 14.0. The van der Waals surface area contributed by atoms with Crippen LogP contribution in [0.25, 0.3) is 33.2 Å². The zero-order valence-corrected chi connectivity index (χ0v) is 10.9. The summed E-state index contributed by atoms with van der Waals surface area (Å²) in [5.74, 6) is 0.984. The smallest absolute Gasteiger partial charge is 0.141 e. The number of aromatic nitrogens is 1. The van der Waals surface area contributed by atoms with Crippen LogP contribution in [-0.4, -0.2) is 15.2 Å². The molecule has 0 aliphatic heterocycles. The fourth-order valence-electron chi connectivity index (χ4n) is 2.53. The molecule has 0 saturated heterocycles. The van der Waals surface area contributed by atoms with Crippen molar-refractivity contribution in [3.63, 3.8) is 0 Å². The SMILES string of the molecule is Oc1ccc2cc(-c3ccc(O)c4ncccc34)oc2c1. The van der Waals surface area contributed by atoms with Gasteiger partial charge < -0.3 is 14.6 Å². The molecule has 0 radical (unpaired) electrons. The third-order valence-electron chi connectivity index (χ3n) is 3.52. The van der Waals surface area contributed by atoms with Gasteiger partial charge in [-0.25, -0.2) is 0 Å². The summed E-state index contributed by atoms with van der Waals surface area (Å²) in [4.78, 5) is 4.20. The summed E-state index contributed by atoms with van der Waals surface area (Å²) in [5.41, 5.74) is 2.01. The summed E-state index contributed by atoms with van der Waals surface area (Å²) in [7, 11) is 0. The lowest BCUT2D eigenvalue weighted by molar-refractivity contribution is 0.474. The summed E-state index contributed by atoms with van der Waals surface area (Å²) in [5, 5.41) is 21.1. The van der Waals surface area contributed by atoms with Gasteiger partial charge in [-0.1, -0.05) is 6.07 Å². The van der Waals surface area contributed by atoms with Crippen molar-refractivity contribution in [2.24, 2.45) is 0 Å². The first kappa shape index (κ1) is 11.8. The molecule has 2 heterocycles. The lowest BCUT2D eigenvalue weighted by Crippen LogP contribution is -1.82. The van der Waals surface area contributed by atoms with Crippen LogP contribution in [-0.2, 0) is 0 Å². The van der Waals surface area contributed by atoms with E-state index >= 15 is 0 Å². The van der Waals surface area contributed by atoms with Gasteiger partial charge >= 0.3 is 0 Å². The van der Waals surface area contributed by atoms with E-state index in [9.17, 15) is 10.2 Å². The zero-order valence-electron chi connectivity index (χ0n) is 10.9. The highest BCUT2D eigenvalue weighted by atomic mass is 16.3. The Labute approximate surface area is 119 Å². The molecule has 0 aliphatic rings. The van der Waals surface area contributed by atoms with Crippen molar-refractivity contribution in [3.8, 4) is 22.8 Å². The highest BCUT2D eigenvalue weighted by molar-refractivity contribution is 5.98. The Hall–Kier alpha value is -3.01. The maximum atomic E-state index is 9.89. The Bertz CT molecular complexity index is 972. The van der Waals surface area contributed by atoms with Crippen LogP contribution in [0.1, 0.15) is 0 Å². The fraction of sp³-hybridized carbons (Fsp3) is 0. The Morgan fingerprint density at radius 1 is 0.952 bits per heavy atom. The van der Waals surface area contributed by atoms with Gasteiger partial charge in [0, 0.05) is 28.6 Å². The number of nitrogens with zero attached hydrogens (tertiary/aromatic N) is 1. The zero-order chi connectivity index (χ0) is 14.4. The minimum atomic E-state index is 0.142. The quantitative estimate of drug-likeness (QED) is 0.550. The standard InChI is InChI=1S/C17H11NO3/c19-11-4-3-10-8-16(21-15(10)9-11)12-5-6-14(20)17-13(12)2-1-7-18-17/h1-9,19-20H. The largest absolute Gasteiger partial charge is 0.508 e. The number of hydrogen-bond acceptors (Lipinski definition) is 4. The average molecular weight is 277 g/mol. The van der Waals surface area contributed by atoms with Crippen LogP contribution in [0.15, 0.2) is 59.1 Å². The predicted octanol–water partition coefficient (Wildman–Crippen LogP) is 4.06. The van der Waals surface area contributed by atoms with Crippen molar-refractivity contribution < 1.29 is 14.6 Å². The number of hydrogen-bond donors (Lipinski definition) is 2. The van der Waals surface area contributed by atoms with E-state index in [4.69, 9.17) is 4.42 Å². The Balaban J connectivity index is 2.02. The molecule has 2 aromatic heterocycles. The van der Waals surface area contributed by atoms with Crippen molar-refractivity contribution in [3.05, 3.63) is 54.7 Å². The van der Waals surface area contributed by atoms with Crippen LogP contribution in [0.3, 0.4) is 0 Å². The monoisotopic (exact) mass is 277 g/mol. The van der Waals surface area contributed by atoms with Gasteiger partial charge in [0.25, 0.3) is 0 Å². The molecular formula is C17H11NO3. The summed E-state index contributed by atoms with van der Waals surface area (Å²) in [6.07, 6.45) is 1.64. The van der Waals surface area contributed by atoms with Gasteiger partial charge in [0.05, 0.1) is 0 Å². The molecule has 0 saturated carbocycles. The Kier molecular flexibility index (Phi) is 2.38. The van der Waals surface area contributed by atoms with Crippen LogP contribution >= 0.6 is 0 Å². The molecule has 21 heavy (non-hydrogen) atoms. The van der Waals surface area contributed by atoms with Crippen LogP contribution in [0, 0.1) is 0 Å². The van der Waals surface area contributed by atoms with Crippen LogP contribution in [0.4, 0.5) is 0 Å². The number of phenolic OH excluding ortho intramolecular Hbond substituents is 2. The molecule has 4 heteroatoms.